The van der Waals surface area contributed by atoms with Gasteiger partial charge in [0.15, 0.2) is 9.84 Å². The van der Waals surface area contributed by atoms with Crippen molar-refractivity contribution >= 4 is 21.2 Å². The number of hydrogen-bond donors (Lipinski definition) is 2. The molecule has 1 heterocycles. The summed E-state index contributed by atoms with van der Waals surface area (Å²) in [6.45, 7) is 0. The average molecular weight is 487 g/mol. The maximum Gasteiger partial charge on any atom is 0.164 e. The van der Waals surface area contributed by atoms with Crippen molar-refractivity contribution in [1.82, 2.24) is 0 Å². The van der Waals surface area contributed by atoms with E-state index >= 15 is 0 Å². The Labute approximate surface area is 205 Å². The highest BCUT2D eigenvalue weighted by atomic mass is 32.2. The Morgan fingerprint density at radius 3 is 1.46 bits per heavy atom. The monoisotopic (exact) mass is 486 g/mol. The molecule has 178 valence electrons. The highest BCUT2D eigenvalue weighted by Gasteiger charge is 2.50. The number of benzene rings is 4. The third-order valence-electron chi connectivity index (χ3n) is 6.30. The largest absolute Gasteiger partial charge is 0.457 e. The van der Waals surface area contributed by atoms with Gasteiger partial charge in [0.05, 0.1) is 5.75 Å². The minimum absolute atomic E-state index is 0.149. The van der Waals surface area contributed by atoms with Crippen LogP contribution in [0.2, 0.25) is 0 Å². The predicted octanol–water partition coefficient (Wildman–Crippen LogP) is 5.89. The van der Waals surface area contributed by atoms with Crippen LogP contribution in [0, 0.1) is 0 Å². The lowest BCUT2D eigenvalue weighted by Gasteiger charge is -2.29. The Hall–Kier alpha value is -3.97. The molecule has 0 aromatic heterocycles. The first-order chi connectivity index (χ1) is 16.9. The number of sulfone groups is 1. The third kappa shape index (κ3) is 4.42. The van der Waals surface area contributed by atoms with Gasteiger partial charge in [0, 0.05) is 23.5 Å². The first-order valence-electron chi connectivity index (χ1n) is 11.4. The highest BCUT2D eigenvalue weighted by Crippen LogP contribution is 2.48. The molecular weight excluding hydrogens is 460 g/mol. The fourth-order valence-corrected chi connectivity index (χ4v) is 6.99. The zero-order valence-corrected chi connectivity index (χ0v) is 19.9. The molecule has 4 aromatic carbocycles. The van der Waals surface area contributed by atoms with Crippen molar-refractivity contribution < 1.29 is 17.9 Å². The number of ether oxygens (including phenoxy) is 2. The smallest absolute Gasteiger partial charge is 0.164 e. The highest BCUT2D eigenvalue weighted by molar-refractivity contribution is 7.92. The molecule has 0 amide bonds. The molecule has 35 heavy (non-hydrogen) atoms. The van der Waals surface area contributed by atoms with E-state index in [1.807, 2.05) is 48.5 Å². The first-order valence-corrected chi connectivity index (χ1v) is 13.0. The normalized spacial score (nSPS) is 16.0. The molecule has 4 N–H and O–H groups in total. The SMILES string of the molecule is Nc1cccc(Oc2ccc(C3(c4ccc(Oc5cccc(N)c5)cc4)CCCS3(=O)=O)cc2)c1. The molecule has 0 unspecified atom stereocenters. The molecular formula is C28H26N2O4S. The van der Waals surface area contributed by atoms with Crippen LogP contribution in [-0.2, 0) is 14.6 Å². The quantitative estimate of drug-likeness (QED) is 0.329. The van der Waals surface area contributed by atoms with Crippen LogP contribution in [0.4, 0.5) is 11.4 Å². The molecule has 7 heteroatoms. The summed E-state index contributed by atoms with van der Waals surface area (Å²) in [6, 6.07) is 28.9. The first kappa shape index (κ1) is 22.8. The summed E-state index contributed by atoms with van der Waals surface area (Å²) < 4.78 is 37.5. The van der Waals surface area contributed by atoms with E-state index in [1.54, 1.807) is 48.5 Å². The molecule has 6 nitrogen and oxygen atoms in total. The van der Waals surface area contributed by atoms with Gasteiger partial charge in [0.2, 0.25) is 0 Å². The number of nitrogen functional groups attached to an aromatic ring is 2. The second kappa shape index (κ2) is 9.00. The van der Waals surface area contributed by atoms with Crippen molar-refractivity contribution in [2.24, 2.45) is 0 Å². The minimum Gasteiger partial charge on any atom is -0.457 e. The summed E-state index contributed by atoms with van der Waals surface area (Å²) in [7, 11) is -3.42. The molecule has 1 aliphatic rings. The van der Waals surface area contributed by atoms with E-state index in [9.17, 15) is 8.42 Å². The molecule has 0 aliphatic carbocycles. The number of rotatable bonds is 6. The fraction of sp³-hybridized carbons (Fsp3) is 0.143. The zero-order chi connectivity index (χ0) is 24.5. The van der Waals surface area contributed by atoms with Crippen LogP contribution in [0.25, 0.3) is 0 Å². The Morgan fingerprint density at radius 2 is 1.09 bits per heavy atom. The van der Waals surface area contributed by atoms with Crippen LogP contribution in [0.5, 0.6) is 23.0 Å². The maximum atomic E-state index is 13.4. The van der Waals surface area contributed by atoms with Gasteiger partial charge in [-0.1, -0.05) is 36.4 Å². The molecule has 4 aromatic rings. The molecule has 0 saturated carbocycles. The molecule has 0 radical (unpaired) electrons. The van der Waals surface area contributed by atoms with Gasteiger partial charge in [0.25, 0.3) is 0 Å². The van der Waals surface area contributed by atoms with Gasteiger partial charge in [-0.2, -0.15) is 0 Å². The van der Waals surface area contributed by atoms with Crippen LogP contribution in [0.15, 0.2) is 97.1 Å². The van der Waals surface area contributed by atoms with Crippen molar-refractivity contribution in [3.8, 4) is 23.0 Å². The lowest BCUT2D eigenvalue weighted by Crippen LogP contribution is -2.33. The van der Waals surface area contributed by atoms with Crippen LogP contribution < -0.4 is 20.9 Å². The van der Waals surface area contributed by atoms with Crippen molar-refractivity contribution in [2.75, 3.05) is 17.2 Å². The lowest BCUT2D eigenvalue weighted by atomic mass is 9.87. The Morgan fingerprint density at radius 1 is 0.629 bits per heavy atom. The van der Waals surface area contributed by atoms with E-state index in [0.717, 1.165) is 11.1 Å². The minimum atomic E-state index is -3.42. The van der Waals surface area contributed by atoms with Crippen LogP contribution in [0.3, 0.4) is 0 Å². The number of anilines is 2. The van der Waals surface area contributed by atoms with Crippen LogP contribution in [0.1, 0.15) is 24.0 Å². The van der Waals surface area contributed by atoms with Gasteiger partial charge in [-0.15, -0.1) is 0 Å². The van der Waals surface area contributed by atoms with Gasteiger partial charge >= 0.3 is 0 Å². The van der Waals surface area contributed by atoms with E-state index in [4.69, 9.17) is 20.9 Å². The number of hydrogen-bond acceptors (Lipinski definition) is 6. The van der Waals surface area contributed by atoms with Crippen molar-refractivity contribution in [2.45, 2.75) is 17.6 Å². The Bertz CT molecular complexity index is 1360. The lowest BCUT2D eigenvalue weighted by molar-refractivity contribution is 0.481. The number of nitrogens with two attached hydrogens (primary N) is 2. The zero-order valence-electron chi connectivity index (χ0n) is 19.1. The Kier molecular flexibility index (Phi) is 5.86. The van der Waals surface area contributed by atoms with Crippen LogP contribution >= 0.6 is 0 Å². The summed E-state index contributed by atoms with van der Waals surface area (Å²) in [5, 5.41) is 0. The molecule has 1 saturated heterocycles. The summed E-state index contributed by atoms with van der Waals surface area (Å²) in [4.78, 5) is 0. The average Bonchev–Trinajstić information content (AvgIpc) is 3.15. The van der Waals surface area contributed by atoms with Gasteiger partial charge in [0.1, 0.15) is 27.7 Å². The molecule has 1 aliphatic heterocycles. The standard InChI is InChI=1S/C28H26N2O4S/c29-22-4-1-6-26(18-22)33-24-12-8-20(9-13-24)28(16-3-17-35(28,31)32)21-10-14-25(15-11-21)34-27-7-2-5-23(30)19-27/h1-2,4-15,18-19H,3,16-17,29-30H2. The topological polar surface area (TPSA) is 105 Å². The molecule has 0 atom stereocenters. The second-order valence-electron chi connectivity index (χ2n) is 8.65. The van der Waals surface area contributed by atoms with E-state index in [1.165, 1.54) is 0 Å². The fourth-order valence-electron chi connectivity index (χ4n) is 4.67. The van der Waals surface area contributed by atoms with E-state index in [-0.39, 0.29) is 5.75 Å². The summed E-state index contributed by atoms with van der Waals surface area (Å²) in [5.41, 5.74) is 14.3. The molecule has 1 fully saturated rings. The van der Waals surface area contributed by atoms with Gasteiger partial charge < -0.3 is 20.9 Å². The summed E-state index contributed by atoms with van der Waals surface area (Å²) in [6.07, 6.45) is 1.12. The van der Waals surface area contributed by atoms with Gasteiger partial charge in [-0.25, -0.2) is 8.42 Å². The van der Waals surface area contributed by atoms with E-state index in [0.29, 0.717) is 47.2 Å². The van der Waals surface area contributed by atoms with Crippen LogP contribution in [-0.4, -0.2) is 14.2 Å². The predicted molar refractivity (Wildman–Crippen MR) is 139 cm³/mol. The third-order valence-corrected chi connectivity index (χ3v) is 8.87. The summed E-state index contributed by atoms with van der Waals surface area (Å²) in [5.74, 6) is 2.61. The van der Waals surface area contributed by atoms with E-state index < -0.39 is 14.6 Å². The van der Waals surface area contributed by atoms with Crippen molar-refractivity contribution in [1.29, 1.82) is 0 Å². The maximum absolute atomic E-state index is 13.4. The second-order valence-corrected chi connectivity index (χ2v) is 11.0. The Balaban J connectivity index is 1.45. The molecule has 5 rings (SSSR count). The molecule has 0 spiro atoms. The summed E-state index contributed by atoms with van der Waals surface area (Å²) >= 11 is 0. The van der Waals surface area contributed by atoms with Crippen molar-refractivity contribution in [3.05, 3.63) is 108 Å². The van der Waals surface area contributed by atoms with Crippen molar-refractivity contribution in [3.63, 3.8) is 0 Å². The van der Waals surface area contributed by atoms with Gasteiger partial charge in [-0.3, -0.25) is 0 Å². The molecule has 0 bridgehead atoms. The van der Waals surface area contributed by atoms with E-state index in [2.05, 4.69) is 0 Å². The van der Waals surface area contributed by atoms with Gasteiger partial charge in [-0.05, 0) is 72.5 Å².